The Morgan fingerprint density at radius 1 is 0.474 bits per heavy atom. The summed E-state index contributed by atoms with van der Waals surface area (Å²) in [5.74, 6) is 0. The Balaban J connectivity index is 1.15. The van der Waals surface area contributed by atoms with Crippen molar-refractivity contribution in [3.8, 4) is 27.9 Å². The summed E-state index contributed by atoms with van der Waals surface area (Å²) in [4.78, 5) is 5.52. The van der Waals surface area contributed by atoms with Crippen LogP contribution in [-0.4, -0.2) is 11.8 Å². The van der Waals surface area contributed by atoms with E-state index in [4.69, 9.17) is 4.42 Å². The zero-order chi connectivity index (χ0) is 37.0. The quantitative estimate of drug-likeness (QED) is 0.170. The van der Waals surface area contributed by atoms with Crippen molar-refractivity contribution in [2.45, 2.75) is 19.6 Å². The van der Waals surface area contributed by atoms with Gasteiger partial charge >= 0.3 is 0 Å². The molecule has 3 nitrogen and oxygen atoms in total. The van der Waals surface area contributed by atoms with Crippen LogP contribution in [0.25, 0.3) is 82.5 Å². The minimum Gasteiger partial charge on any atom is -0.454 e. The second kappa shape index (κ2) is 10.7. The Bertz CT molecular complexity index is 3570. The maximum atomic E-state index is 6.98. The van der Waals surface area contributed by atoms with E-state index in [1.54, 1.807) is 0 Å². The molecule has 1 N–H and O–H groups in total. The Hall–Kier alpha value is -6.95. The third kappa shape index (κ3) is 3.63. The summed E-state index contributed by atoms with van der Waals surface area (Å²) in [6, 6.07) is 65.3. The van der Waals surface area contributed by atoms with Crippen LogP contribution in [0.3, 0.4) is 0 Å². The van der Waals surface area contributed by atoms with E-state index in [2.05, 4.69) is 193 Å². The fourth-order valence-electron chi connectivity index (χ4n) is 10.5. The van der Waals surface area contributed by atoms with Crippen LogP contribution < -0.4 is 16.2 Å². The summed E-state index contributed by atoms with van der Waals surface area (Å²) in [6.45, 7) is 0. The summed E-state index contributed by atoms with van der Waals surface area (Å²) in [6.07, 6.45) is 0. The normalized spacial score (nSPS) is 14.6. The minimum atomic E-state index is -1.84. The van der Waals surface area contributed by atoms with E-state index in [0.717, 1.165) is 33.1 Å². The second-order valence-electron chi connectivity index (χ2n) is 15.5. The first-order valence-corrected chi connectivity index (χ1v) is 21.2. The minimum absolute atomic E-state index is 0.896. The molecular formula is C52H30BN2OS. The summed E-state index contributed by atoms with van der Waals surface area (Å²) in [5, 5.41) is 11.3. The maximum Gasteiger partial charge on any atom is 0.198 e. The lowest BCUT2D eigenvalue weighted by molar-refractivity contribution is 0.667. The molecule has 0 aliphatic carbocycles. The highest BCUT2D eigenvalue weighted by molar-refractivity contribution is 8.34. The smallest absolute Gasteiger partial charge is 0.198 e. The van der Waals surface area contributed by atoms with Gasteiger partial charge in [-0.3, -0.25) is 0 Å². The molecule has 5 heterocycles. The third-order valence-electron chi connectivity index (χ3n) is 12.8. The molecule has 2 aromatic heterocycles. The number of furan rings is 1. The standard InChI is InChI=1S/C52H30BN2OS/c1-2-14-31-30(13-1)27-28-37-36-19-11-20-40-50(36)55(49(31)37)51-47(53-40)38(29-39-32-15-3-7-22-42(32)56-52(39)51)35-18-12-26-46-48(35)54-41-21-6-10-25-45(41)57(46)43-23-8-4-16-33(43)34-17-5-9-24-44(34)57/h1-29,54H. The molecule has 0 fully saturated rings. The van der Waals surface area contributed by atoms with Crippen molar-refractivity contribution in [1.82, 2.24) is 4.57 Å². The maximum absolute atomic E-state index is 6.98. The van der Waals surface area contributed by atoms with Crippen molar-refractivity contribution in [2.24, 2.45) is 0 Å². The molecule has 3 aliphatic rings. The van der Waals surface area contributed by atoms with Gasteiger partial charge in [-0.15, -0.1) is 10.0 Å². The number of hydrogen-bond acceptors (Lipinski definition) is 2. The number of hydrogen-bond donors (Lipinski definition) is 1. The molecule has 0 unspecified atom stereocenters. The Labute approximate surface area is 330 Å². The fraction of sp³-hybridized carbons (Fsp3) is 0. The van der Waals surface area contributed by atoms with Crippen molar-refractivity contribution < 1.29 is 4.42 Å². The number of para-hydroxylation sites is 4. The predicted molar refractivity (Wildman–Crippen MR) is 238 cm³/mol. The Morgan fingerprint density at radius 2 is 1.12 bits per heavy atom. The van der Waals surface area contributed by atoms with E-state index in [0.29, 0.717) is 0 Å². The average molecular weight is 742 g/mol. The number of fused-ring (bicyclic) bond motifs is 20. The molecule has 0 saturated carbocycles. The second-order valence-corrected chi connectivity index (χ2v) is 18.5. The SMILES string of the molecule is [B]1c2c(-c3cccc4c3Nc3ccccc3S43c4ccccc4-c4ccccc43)cc3c(oc4ccccc43)c2-n2c3c1cccc3c1ccc3ccccc3c12. The molecular weight excluding hydrogens is 711 g/mol. The van der Waals surface area contributed by atoms with Gasteiger partial charge in [0.25, 0.3) is 0 Å². The highest BCUT2D eigenvalue weighted by atomic mass is 32.3. The van der Waals surface area contributed by atoms with Gasteiger partial charge in [-0.05, 0) is 70.0 Å². The lowest BCUT2D eigenvalue weighted by atomic mass is 9.59. The van der Waals surface area contributed by atoms with Crippen LogP contribution in [0.4, 0.5) is 11.4 Å². The number of nitrogens with zero attached hydrogens (tertiary/aromatic N) is 1. The lowest BCUT2D eigenvalue weighted by Crippen LogP contribution is -2.37. The first-order valence-electron chi connectivity index (χ1n) is 19.6. The summed E-state index contributed by atoms with van der Waals surface area (Å²) in [7, 11) is 0.577. The van der Waals surface area contributed by atoms with Gasteiger partial charge in [-0.1, -0.05) is 139 Å². The number of anilines is 2. The number of nitrogens with one attached hydrogen (secondary N) is 1. The van der Waals surface area contributed by atoms with E-state index in [1.165, 1.54) is 91.3 Å². The van der Waals surface area contributed by atoms with Gasteiger partial charge < -0.3 is 14.3 Å². The van der Waals surface area contributed by atoms with Crippen LogP contribution >= 0.6 is 10.0 Å². The topological polar surface area (TPSA) is 30.1 Å². The first-order chi connectivity index (χ1) is 28.3. The molecule has 11 aromatic rings. The highest BCUT2D eigenvalue weighted by Gasteiger charge is 2.46. The molecule has 0 bridgehead atoms. The van der Waals surface area contributed by atoms with Crippen LogP contribution in [-0.2, 0) is 0 Å². The molecule has 5 heteroatoms. The molecule has 14 rings (SSSR count). The van der Waals surface area contributed by atoms with Gasteiger partial charge in [-0.2, -0.15) is 0 Å². The lowest BCUT2D eigenvalue weighted by Gasteiger charge is -2.45. The van der Waals surface area contributed by atoms with Gasteiger partial charge in [0.1, 0.15) is 5.58 Å². The molecule has 3 aliphatic heterocycles. The van der Waals surface area contributed by atoms with E-state index in [-0.39, 0.29) is 0 Å². The molecule has 263 valence electrons. The van der Waals surface area contributed by atoms with Crippen molar-refractivity contribution in [2.75, 3.05) is 5.32 Å². The fourth-order valence-corrected chi connectivity index (χ4v) is 15.0. The zero-order valence-corrected chi connectivity index (χ0v) is 31.4. The molecule has 1 radical (unpaired) electrons. The van der Waals surface area contributed by atoms with Crippen LogP contribution in [0.15, 0.2) is 200 Å². The van der Waals surface area contributed by atoms with E-state index >= 15 is 0 Å². The molecule has 0 atom stereocenters. The third-order valence-corrected chi connectivity index (χ3v) is 16.8. The Kier molecular flexibility index (Phi) is 5.67. The summed E-state index contributed by atoms with van der Waals surface area (Å²) >= 11 is 0. The molecule has 1 spiro atoms. The number of rotatable bonds is 1. The largest absolute Gasteiger partial charge is 0.454 e. The first kappa shape index (κ1) is 30.3. The molecule has 9 aromatic carbocycles. The van der Waals surface area contributed by atoms with Crippen molar-refractivity contribution in [3.05, 3.63) is 176 Å². The number of benzene rings is 9. The highest BCUT2D eigenvalue weighted by Crippen LogP contribution is 2.83. The van der Waals surface area contributed by atoms with Gasteiger partial charge in [0, 0.05) is 57.6 Å². The van der Waals surface area contributed by atoms with Gasteiger partial charge in [-0.25, -0.2) is 0 Å². The van der Waals surface area contributed by atoms with Crippen molar-refractivity contribution >= 4 is 94.1 Å². The summed E-state index contributed by atoms with van der Waals surface area (Å²) < 4.78 is 9.51. The van der Waals surface area contributed by atoms with Crippen LogP contribution in [0.5, 0.6) is 0 Å². The molecule has 0 amide bonds. The van der Waals surface area contributed by atoms with Gasteiger partial charge in [0.05, 0.1) is 22.6 Å². The Morgan fingerprint density at radius 3 is 1.98 bits per heavy atom. The van der Waals surface area contributed by atoms with E-state index in [9.17, 15) is 0 Å². The predicted octanol–water partition coefficient (Wildman–Crippen LogP) is 12.8. The van der Waals surface area contributed by atoms with Crippen LogP contribution in [0.1, 0.15) is 0 Å². The van der Waals surface area contributed by atoms with Gasteiger partial charge in [0.15, 0.2) is 12.9 Å². The van der Waals surface area contributed by atoms with E-state index < -0.39 is 10.0 Å². The van der Waals surface area contributed by atoms with Crippen molar-refractivity contribution in [3.63, 3.8) is 0 Å². The van der Waals surface area contributed by atoms with Crippen LogP contribution in [0.2, 0.25) is 0 Å². The molecule has 57 heavy (non-hydrogen) atoms. The summed E-state index contributed by atoms with van der Waals surface area (Å²) in [5.41, 5.74) is 15.1. The van der Waals surface area contributed by atoms with Crippen molar-refractivity contribution in [1.29, 1.82) is 0 Å². The zero-order valence-electron chi connectivity index (χ0n) is 30.6. The van der Waals surface area contributed by atoms with Gasteiger partial charge in [0.2, 0.25) is 0 Å². The number of aromatic nitrogens is 1. The monoisotopic (exact) mass is 741 g/mol. The molecule has 0 saturated heterocycles. The van der Waals surface area contributed by atoms with E-state index in [1.807, 2.05) is 0 Å². The average Bonchev–Trinajstić information content (AvgIpc) is 3.91. The van der Waals surface area contributed by atoms with Crippen LogP contribution in [0, 0.1) is 0 Å².